The largest absolute Gasteiger partial charge is 0.366 e. The van der Waals surface area contributed by atoms with E-state index in [4.69, 9.17) is 0 Å². The van der Waals surface area contributed by atoms with Crippen LogP contribution in [0.3, 0.4) is 0 Å². The van der Waals surface area contributed by atoms with Crippen LogP contribution in [-0.4, -0.2) is 34.7 Å². The van der Waals surface area contributed by atoms with Crippen LogP contribution in [0.25, 0.3) is 5.57 Å². The van der Waals surface area contributed by atoms with Crippen molar-refractivity contribution in [1.82, 2.24) is 9.80 Å². The number of likely N-dealkylation sites (tertiary alicyclic amines) is 1. The highest BCUT2D eigenvalue weighted by atomic mass is 19.1. The lowest BCUT2D eigenvalue weighted by Gasteiger charge is -2.20. The monoisotopic (exact) mass is 364 g/mol. The van der Waals surface area contributed by atoms with Crippen LogP contribution in [0.15, 0.2) is 54.2 Å². The maximum Gasteiger partial charge on any atom is 0.278 e. The highest BCUT2D eigenvalue weighted by molar-refractivity contribution is 6.35. The molecule has 0 radical (unpaired) electrons. The third-order valence-corrected chi connectivity index (χ3v) is 5.16. The van der Waals surface area contributed by atoms with Crippen molar-refractivity contribution in [3.05, 3.63) is 76.7 Å². The first-order valence-electron chi connectivity index (χ1n) is 9.21. The third-order valence-electron chi connectivity index (χ3n) is 5.16. The van der Waals surface area contributed by atoms with E-state index in [1.54, 1.807) is 12.1 Å². The van der Waals surface area contributed by atoms with Crippen LogP contribution in [0.5, 0.6) is 0 Å². The first-order chi connectivity index (χ1) is 13.0. The van der Waals surface area contributed by atoms with Gasteiger partial charge in [0, 0.05) is 13.1 Å². The summed E-state index contributed by atoms with van der Waals surface area (Å²) < 4.78 is 13.4. The minimum absolute atomic E-state index is 0.236. The van der Waals surface area contributed by atoms with Gasteiger partial charge in [-0.3, -0.25) is 14.5 Å². The van der Waals surface area contributed by atoms with Gasteiger partial charge >= 0.3 is 0 Å². The first kappa shape index (κ1) is 17.5. The lowest BCUT2D eigenvalue weighted by atomic mass is 10.0. The number of halogens is 1. The summed E-state index contributed by atoms with van der Waals surface area (Å²) in [6, 6.07) is 13.6. The maximum atomic E-state index is 13.4. The van der Waals surface area contributed by atoms with E-state index in [-0.39, 0.29) is 24.2 Å². The number of imide groups is 1. The topological polar surface area (TPSA) is 40.6 Å². The molecule has 0 aromatic heterocycles. The van der Waals surface area contributed by atoms with E-state index in [1.165, 1.54) is 17.0 Å². The average molecular weight is 364 g/mol. The van der Waals surface area contributed by atoms with Gasteiger partial charge in [-0.05, 0) is 43.0 Å². The van der Waals surface area contributed by atoms with Gasteiger partial charge in [-0.25, -0.2) is 4.39 Å². The van der Waals surface area contributed by atoms with E-state index in [9.17, 15) is 14.0 Å². The zero-order valence-electron chi connectivity index (χ0n) is 15.2. The van der Waals surface area contributed by atoms with Crippen molar-refractivity contribution < 1.29 is 14.0 Å². The molecule has 0 bridgehead atoms. The Morgan fingerprint density at radius 2 is 1.52 bits per heavy atom. The van der Waals surface area contributed by atoms with Crippen LogP contribution in [0.2, 0.25) is 0 Å². The van der Waals surface area contributed by atoms with Gasteiger partial charge in [-0.15, -0.1) is 0 Å². The average Bonchev–Trinajstić information content (AvgIpc) is 3.26. The quantitative estimate of drug-likeness (QED) is 0.780. The molecule has 2 aromatic rings. The molecule has 1 fully saturated rings. The number of carbonyl (C=O) groups excluding carboxylic acids is 2. The van der Waals surface area contributed by atoms with E-state index in [1.807, 2.05) is 36.1 Å². The molecule has 2 heterocycles. The summed E-state index contributed by atoms with van der Waals surface area (Å²) in [7, 11) is 0. The van der Waals surface area contributed by atoms with Crippen molar-refractivity contribution in [1.29, 1.82) is 0 Å². The predicted octanol–water partition coefficient (Wildman–Crippen LogP) is 3.51. The Labute approximate surface area is 157 Å². The lowest BCUT2D eigenvalue weighted by Crippen LogP contribution is -2.34. The molecule has 2 aliphatic heterocycles. The summed E-state index contributed by atoms with van der Waals surface area (Å²) in [4.78, 5) is 29.6. The van der Waals surface area contributed by atoms with E-state index in [2.05, 4.69) is 0 Å². The summed E-state index contributed by atoms with van der Waals surface area (Å²) in [5.74, 6) is -0.939. The highest BCUT2D eigenvalue weighted by Crippen LogP contribution is 2.34. The van der Waals surface area contributed by atoms with Crippen LogP contribution in [0.4, 0.5) is 4.39 Å². The zero-order valence-corrected chi connectivity index (χ0v) is 15.2. The fraction of sp³-hybridized carbons (Fsp3) is 0.273. The number of amides is 2. The standard InChI is InChI=1S/C22H21FN2O2/c1-15-4-6-16(7-5-15)14-25-21(26)19(17-8-10-18(23)11-9-17)20(22(25)27)24-12-2-3-13-24/h4-11H,2-3,12-14H2,1H3. The minimum atomic E-state index is -0.365. The number of rotatable bonds is 4. The summed E-state index contributed by atoms with van der Waals surface area (Å²) in [5, 5.41) is 0. The lowest BCUT2D eigenvalue weighted by molar-refractivity contribution is -0.138. The number of aryl methyl sites for hydroxylation is 1. The van der Waals surface area contributed by atoms with Crippen molar-refractivity contribution in [2.75, 3.05) is 13.1 Å². The van der Waals surface area contributed by atoms with Crippen LogP contribution in [0, 0.1) is 12.7 Å². The molecule has 27 heavy (non-hydrogen) atoms. The van der Waals surface area contributed by atoms with Crippen LogP contribution in [0.1, 0.15) is 29.5 Å². The molecule has 0 N–H and O–H groups in total. The smallest absolute Gasteiger partial charge is 0.278 e. The van der Waals surface area contributed by atoms with Gasteiger partial charge in [0.05, 0.1) is 12.1 Å². The van der Waals surface area contributed by atoms with E-state index in [0.29, 0.717) is 16.8 Å². The minimum Gasteiger partial charge on any atom is -0.366 e. The molecule has 2 aliphatic rings. The molecular weight excluding hydrogens is 343 g/mol. The van der Waals surface area contributed by atoms with Gasteiger partial charge < -0.3 is 4.90 Å². The second-order valence-corrected chi connectivity index (χ2v) is 7.11. The molecule has 5 heteroatoms. The Hall–Kier alpha value is -2.95. The molecule has 0 saturated carbocycles. The van der Waals surface area contributed by atoms with E-state index >= 15 is 0 Å². The fourth-order valence-corrected chi connectivity index (χ4v) is 3.69. The summed E-state index contributed by atoms with van der Waals surface area (Å²) >= 11 is 0. The molecular formula is C22H21FN2O2. The Balaban J connectivity index is 1.72. The first-order valence-corrected chi connectivity index (χ1v) is 9.21. The molecule has 0 spiro atoms. The molecule has 0 atom stereocenters. The normalized spacial score (nSPS) is 17.4. The summed E-state index contributed by atoms with van der Waals surface area (Å²) in [5.41, 5.74) is 3.46. The molecule has 2 amide bonds. The third kappa shape index (κ3) is 3.25. The Morgan fingerprint density at radius 3 is 2.15 bits per heavy atom. The van der Waals surface area contributed by atoms with Crippen molar-refractivity contribution in [2.45, 2.75) is 26.3 Å². The van der Waals surface area contributed by atoms with Crippen LogP contribution >= 0.6 is 0 Å². The Morgan fingerprint density at radius 1 is 0.889 bits per heavy atom. The molecule has 138 valence electrons. The van der Waals surface area contributed by atoms with Crippen molar-refractivity contribution in [2.24, 2.45) is 0 Å². The molecule has 0 unspecified atom stereocenters. The predicted molar refractivity (Wildman–Crippen MR) is 101 cm³/mol. The van der Waals surface area contributed by atoms with Crippen LogP contribution < -0.4 is 0 Å². The number of benzene rings is 2. The van der Waals surface area contributed by atoms with Gasteiger partial charge in [0.15, 0.2) is 0 Å². The van der Waals surface area contributed by atoms with Crippen molar-refractivity contribution in [3.8, 4) is 0 Å². The fourth-order valence-electron chi connectivity index (χ4n) is 3.69. The number of nitrogens with zero attached hydrogens (tertiary/aromatic N) is 2. The summed E-state index contributed by atoms with van der Waals surface area (Å²) in [6.45, 7) is 3.75. The SMILES string of the molecule is Cc1ccc(CN2C(=O)C(c3ccc(F)cc3)=C(N3CCCC3)C2=O)cc1. The highest BCUT2D eigenvalue weighted by Gasteiger charge is 2.41. The number of carbonyl (C=O) groups is 2. The Kier molecular flexibility index (Phi) is 4.52. The molecule has 4 rings (SSSR count). The second-order valence-electron chi connectivity index (χ2n) is 7.11. The number of hydrogen-bond acceptors (Lipinski definition) is 3. The van der Waals surface area contributed by atoms with Gasteiger partial charge in [0.1, 0.15) is 11.5 Å². The molecule has 4 nitrogen and oxygen atoms in total. The van der Waals surface area contributed by atoms with Crippen LogP contribution in [-0.2, 0) is 16.1 Å². The second kappa shape index (κ2) is 6.99. The van der Waals surface area contributed by atoms with Gasteiger partial charge in [-0.2, -0.15) is 0 Å². The molecule has 2 aromatic carbocycles. The molecule has 0 aliphatic carbocycles. The number of hydrogen-bond donors (Lipinski definition) is 0. The van der Waals surface area contributed by atoms with E-state index < -0.39 is 0 Å². The molecule has 1 saturated heterocycles. The van der Waals surface area contributed by atoms with Gasteiger partial charge in [0.2, 0.25) is 0 Å². The van der Waals surface area contributed by atoms with Gasteiger partial charge in [-0.1, -0.05) is 42.0 Å². The zero-order chi connectivity index (χ0) is 19.0. The Bertz CT molecular complexity index is 910. The van der Waals surface area contributed by atoms with E-state index in [0.717, 1.165) is 37.1 Å². The van der Waals surface area contributed by atoms with Crippen molar-refractivity contribution in [3.63, 3.8) is 0 Å². The van der Waals surface area contributed by atoms with Gasteiger partial charge in [0.25, 0.3) is 11.8 Å². The van der Waals surface area contributed by atoms with Crippen molar-refractivity contribution >= 4 is 17.4 Å². The maximum absolute atomic E-state index is 13.4. The summed E-state index contributed by atoms with van der Waals surface area (Å²) in [6.07, 6.45) is 2.00.